The molecule has 1 heterocycles. The normalized spacial score (nSPS) is 15.2. The second-order valence-corrected chi connectivity index (χ2v) is 8.15. The van der Waals surface area contributed by atoms with Crippen molar-refractivity contribution < 1.29 is 22.8 Å². The summed E-state index contributed by atoms with van der Waals surface area (Å²) in [7, 11) is 0. The standard InChI is InChI=1S/C26H24F3N3O2/c1-18(19-7-3-2-4-8-19)31-15-6-16-32(25(31)34)23-13-11-22(12-14-23)30-24(33)20-9-5-10-21(17-20)26(27,28)29/h2-5,7-14,17-18H,6,15-16H2,1H3,(H,30,33)/t18-/m0/s1. The van der Waals surface area contributed by atoms with E-state index >= 15 is 0 Å². The van der Waals surface area contributed by atoms with Gasteiger partial charge in [0.05, 0.1) is 11.6 Å². The lowest BCUT2D eigenvalue weighted by Gasteiger charge is -2.39. The van der Waals surface area contributed by atoms with E-state index in [9.17, 15) is 22.8 Å². The number of carbonyl (C=O) groups is 2. The minimum Gasteiger partial charge on any atom is -0.322 e. The molecular weight excluding hydrogens is 443 g/mol. The molecule has 0 aliphatic carbocycles. The molecule has 8 heteroatoms. The van der Waals surface area contributed by atoms with Crippen molar-refractivity contribution in [2.75, 3.05) is 23.3 Å². The molecule has 3 amide bonds. The van der Waals surface area contributed by atoms with Gasteiger partial charge in [-0.3, -0.25) is 9.69 Å². The van der Waals surface area contributed by atoms with Gasteiger partial charge < -0.3 is 10.2 Å². The van der Waals surface area contributed by atoms with Gasteiger partial charge in [-0.05, 0) is 61.4 Å². The number of nitrogens with one attached hydrogen (secondary N) is 1. The molecule has 34 heavy (non-hydrogen) atoms. The molecule has 176 valence electrons. The fraction of sp³-hybridized carbons (Fsp3) is 0.231. The first-order chi connectivity index (χ1) is 16.2. The quantitative estimate of drug-likeness (QED) is 0.475. The Balaban J connectivity index is 1.45. The van der Waals surface area contributed by atoms with Crippen molar-refractivity contribution in [3.63, 3.8) is 0 Å². The average molecular weight is 467 g/mol. The van der Waals surface area contributed by atoms with Crippen molar-refractivity contribution in [1.82, 2.24) is 4.90 Å². The van der Waals surface area contributed by atoms with Gasteiger partial charge in [-0.1, -0.05) is 36.4 Å². The van der Waals surface area contributed by atoms with Gasteiger partial charge in [-0.25, -0.2) is 4.79 Å². The molecular formula is C26H24F3N3O2. The van der Waals surface area contributed by atoms with Crippen LogP contribution in [-0.4, -0.2) is 29.9 Å². The van der Waals surface area contributed by atoms with Gasteiger partial charge in [-0.15, -0.1) is 0 Å². The van der Waals surface area contributed by atoms with Gasteiger partial charge in [0, 0.05) is 30.0 Å². The topological polar surface area (TPSA) is 52.6 Å². The lowest BCUT2D eigenvalue weighted by atomic mass is 10.1. The minimum atomic E-state index is -4.52. The van der Waals surface area contributed by atoms with Crippen molar-refractivity contribution in [3.05, 3.63) is 95.6 Å². The number of urea groups is 1. The highest BCUT2D eigenvalue weighted by Crippen LogP contribution is 2.30. The molecule has 0 bridgehead atoms. The summed E-state index contributed by atoms with van der Waals surface area (Å²) in [5, 5.41) is 2.61. The van der Waals surface area contributed by atoms with Gasteiger partial charge >= 0.3 is 12.2 Å². The summed E-state index contributed by atoms with van der Waals surface area (Å²) in [5.41, 5.74) is 1.20. The SMILES string of the molecule is C[C@@H](c1ccccc1)N1CCCN(c2ccc(NC(=O)c3cccc(C(F)(F)F)c3)cc2)C1=O. The van der Waals surface area contributed by atoms with Crippen LogP contribution in [0.15, 0.2) is 78.9 Å². The summed E-state index contributed by atoms with van der Waals surface area (Å²) in [6.45, 7) is 3.24. The zero-order valence-electron chi connectivity index (χ0n) is 18.5. The van der Waals surface area contributed by atoms with Crippen LogP contribution in [-0.2, 0) is 6.18 Å². The van der Waals surface area contributed by atoms with Crippen LogP contribution < -0.4 is 10.2 Å². The minimum absolute atomic E-state index is 0.0671. The number of carbonyl (C=O) groups excluding carboxylic acids is 2. The highest BCUT2D eigenvalue weighted by Gasteiger charge is 2.32. The van der Waals surface area contributed by atoms with E-state index < -0.39 is 17.6 Å². The fourth-order valence-electron chi connectivity index (χ4n) is 4.02. The maximum atomic E-state index is 13.2. The van der Waals surface area contributed by atoms with Gasteiger partial charge in [0.1, 0.15) is 0 Å². The van der Waals surface area contributed by atoms with Crippen LogP contribution in [0.1, 0.15) is 40.9 Å². The van der Waals surface area contributed by atoms with Crippen LogP contribution in [0.5, 0.6) is 0 Å². The predicted octanol–water partition coefficient (Wildman–Crippen LogP) is 6.35. The summed E-state index contributed by atoms with van der Waals surface area (Å²) < 4.78 is 38.8. The van der Waals surface area contributed by atoms with Crippen molar-refractivity contribution in [2.45, 2.75) is 25.6 Å². The summed E-state index contributed by atoms with van der Waals surface area (Å²) >= 11 is 0. The molecule has 5 nitrogen and oxygen atoms in total. The van der Waals surface area contributed by atoms with Crippen LogP contribution >= 0.6 is 0 Å². The Morgan fingerprint density at radius 2 is 1.65 bits per heavy atom. The third kappa shape index (κ3) is 5.06. The first-order valence-corrected chi connectivity index (χ1v) is 11.0. The predicted molar refractivity (Wildman–Crippen MR) is 125 cm³/mol. The average Bonchev–Trinajstić information content (AvgIpc) is 2.84. The fourth-order valence-corrected chi connectivity index (χ4v) is 4.02. The third-order valence-corrected chi connectivity index (χ3v) is 5.90. The smallest absolute Gasteiger partial charge is 0.322 e. The molecule has 4 rings (SSSR count). The summed E-state index contributed by atoms with van der Waals surface area (Å²) in [6.07, 6.45) is -3.71. The van der Waals surface area contributed by atoms with Crippen molar-refractivity contribution in [2.24, 2.45) is 0 Å². The summed E-state index contributed by atoms with van der Waals surface area (Å²) in [4.78, 5) is 29.2. The van der Waals surface area contributed by atoms with E-state index in [-0.39, 0.29) is 17.6 Å². The first kappa shape index (κ1) is 23.4. The lowest BCUT2D eigenvalue weighted by Crippen LogP contribution is -2.50. The molecule has 1 aliphatic heterocycles. The summed E-state index contributed by atoms with van der Waals surface area (Å²) in [6, 6.07) is 20.6. The lowest BCUT2D eigenvalue weighted by molar-refractivity contribution is -0.137. The third-order valence-electron chi connectivity index (χ3n) is 5.90. The van der Waals surface area contributed by atoms with Gasteiger partial charge in [0.2, 0.25) is 0 Å². The number of alkyl halides is 3. The van der Waals surface area contributed by atoms with Crippen molar-refractivity contribution in [3.8, 4) is 0 Å². The first-order valence-electron chi connectivity index (χ1n) is 11.0. The molecule has 1 aliphatic rings. The summed E-state index contributed by atoms with van der Waals surface area (Å²) in [5.74, 6) is -0.643. The van der Waals surface area contributed by atoms with Gasteiger partial charge in [0.15, 0.2) is 0 Å². The van der Waals surface area contributed by atoms with Gasteiger partial charge in [0.25, 0.3) is 5.91 Å². The van der Waals surface area contributed by atoms with E-state index in [2.05, 4.69) is 5.32 Å². The second-order valence-electron chi connectivity index (χ2n) is 8.15. The molecule has 1 N–H and O–H groups in total. The molecule has 0 radical (unpaired) electrons. The molecule has 3 aromatic rings. The van der Waals surface area contributed by atoms with E-state index in [0.717, 1.165) is 24.1 Å². The maximum Gasteiger partial charge on any atom is 0.416 e. The number of halogens is 3. The van der Waals surface area contributed by atoms with Crippen LogP contribution in [0.25, 0.3) is 0 Å². The molecule has 0 saturated carbocycles. The van der Waals surface area contributed by atoms with E-state index in [4.69, 9.17) is 0 Å². The number of nitrogens with zero attached hydrogens (tertiary/aromatic N) is 2. The van der Waals surface area contributed by atoms with Crippen LogP contribution in [0.2, 0.25) is 0 Å². The largest absolute Gasteiger partial charge is 0.416 e. The Morgan fingerprint density at radius 1 is 0.941 bits per heavy atom. The highest BCUT2D eigenvalue weighted by atomic mass is 19.4. The number of rotatable bonds is 5. The van der Waals surface area contributed by atoms with Crippen LogP contribution in [0.3, 0.4) is 0 Å². The highest BCUT2D eigenvalue weighted by molar-refractivity contribution is 6.04. The number of anilines is 2. The molecule has 3 aromatic carbocycles. The molecule has 0 spiro atoms. The zero-order valence-corrected chi connectivity index (χ0v) is 18.5. The van der Waals surface area contributed by atoms with Crippen molar-refractivity contribution in [1.29, 1.82) is 0 Å². The maximum absolute atomic E-state index is 13.2. The number of hydrogen-bond acceptors (Lipinski definition) is 2. The Hall–Kier alpha value is -3.81. The zero-order chi connectivity index (χ0) is 24.3. The Morgan fingerprint density at radius 3 is 2.32 bits per heavy atom. The monoisotopic (exact) mass is 467 g/mol. The van der Waals surface area contributed by atoms with E-state index in [0.29, 0.717) is 24.5 Å². The molecule has 0 unspecified atom stereocenters. The second kappa shape index (κ2) is 9.59. The van der Waals surface area contributed by atoms with E-state index in [1.165, 1.54) is 12.1 Å². The van der Waals surface area contributed by atoms with Crippen LogP contribution in [0, 0.1) is 0 Å². The number of benzene rings is 3. The van der Waals surface area contributed by atoms with Crippen LogP contribution in [0.4, 0.5) is 29.3 Å². The number of amides is 3. The van der Waals surface area contributed by atoms with E-state index in [1.54, 1.807) is 29.2 Å². The molecule has 1 atom stereocenters. The molecule has 0 aromatic heterocycles. The Kier molecular flexibility index (Phi) is 6.58. The molecule has 1 saturated heterocycles. The Labute approximate surface area is 195 Å². The van der Waals surface area contributed by atoms with Crippen molar-refractivity contribution >= 4 is 23.3 Å². The Bertz CT molecular complexity index is 1160. The van der Waals surface area contributed by atoms with Gasteiger partial charge in [-0.2, -0.15) is 13.2 Å². The number of hydrogen-bond donors (Lipinski definition) is 1. The van der Waals surface area contributed by atoms with E-state index in [1.807, 2.05) is 42.2 Å². The molecule has 1 fully saturated rings.